The van der Waals surface area contributed by atoms with E-state index in [0.29, 0.717) is 6.10 Å². The Labute approximate surface area is 123 Å². The van der Waals surface area contributed by atoms with Crippen LogP contribution in [0.15, 0.2) is 0 Å². The largest absolute Gasteiger partial charge is 0.394 e. The van der Waals surface area contributed by atoms with Crippen molar-refractivity contribution in [2.24, 2.45) is 0 Å². The Morgan fingerprint density at radius 3 is 2.20 bits per heavy atom. The van der Waals surface area contributed by atoms with Gasteiger partial charge < -0.3 is 15.2 Å². The summed E-state index contributed by atoms with van der Waals surface area (Å²) in [5.74, 6) is 0. The Hall–Kier alpha value is -0.120. The first-order valence-electron chi connectivity index (χ1n) is 8.80. The van der Waals surface area contributed by atoms with Gasteiger partial charge in [-0.3, -0.25) is 0 Å². The lowest BCUT2D eigenvalue weighted by Gasteiger charge is -2.38. The first-order chi connectivity index (χ1) is 9.76. The molecule has 1 unspecified atom stereocenters. The summed E-state index contributed by atoms with van der Waals surface area (Å²) in [6, 6.07) is 0. The third-order valence-corrected chi connectivity index (χ3v) is 5.92. The predicted molar refractivity (Wildman–Crippen MR) is 80.8 cm³/mol. The lowest BCUT2D eigenvalue weighted by molar-refractivity contribution is -0.0656. The molecule has 0 radical (unpaired) electrons. The number of hydrogen-bond donors (Lipinski definition) is 2. The molecule has 0 aromatic heterocycles. The van der Waals surface area contributed by atoms with Crippen molar-refractivity contribution in [1.82, 2.24) is 5.32 Å². The van der Waals surface area contributed by atoms with Crippen LogP contribution >= 0.6 is 0 Å². The van der Waals surface area contributed by atoms with Gasteiger partial charge in [0.2, 0.25) is 0 Å². The SMILES string of the molecule is OCC1(NCC2CCC3(CCCCC3)O2)CCCCC1. The zero-order valence-corrected chi connectivity index (χ0v) is 12.8. The Bertz CT molecular complexity index is 306. The fraction of sp³-hybridized carbons (Fsp3) is 1.00. The Kier molecular flexibility index (Phi) is 4.68. The molecule has 1 atom stereocenters. The molecule has 3 rings (SSSR count). The second-order valence-corrected chi connectivity index (χ2v) is 7.40. The molecule has 3 fully saturated rings. The molecule has 3 heteroatoms. The van der Waals surface area contributed by atoms with Gasteiger partial charge in [0.1, 0.15) is 0 Å². The van der Waals surface area contributed by atoms with Crippen LogP contribution in [0, 0.1) is 0 Å². The summed E-state index contributed by atoms with van der Waals surface area (Å²) in [5, 5.41) is 13.4. The van der Waals surface area contributed by atoms with Crippen LogP contribution in [-0.4, -0.2) is 35.5 Å². The van der Waals surface area contributed by atoms with Crippen molar-refractivity contribution in [3.8, 4) is 0 Å². The maximum absolute atomic E-state index is 9.75. The molecule has 3 aliphatic rings. The van der Waals surface area contributed by atoms with Gasteiger partial charge in [-0.1, -0.05) is 38.5 Å². The smallest absolute Gasteiger partial charge is 0.0708 e. The molecule has 2 aliphatic carbocycles. The van der Waals surface area contributed by atoms with Crippen LogP contribution in [-0.2, 0) is 4.74 Å². The Morgan fingerprint density at radius 2 is 1.55 bits per heavy atom. The zero-order chi connectivity index (χ0) is 13.9. The summed E-state index contributed by atoms with van der Waals surface area (Å²) in [7, 11) is 0. The number of ether oxygens (including phenoxy) is 1. The maximum atomic E-state index is 9.75. The van der Waals surface area contributed by atoms with E-state index in [4.69, 9.17) is 4.74 Å². The molecule has 0 bridgehead atoms. The Morgan fingerprint density at radius 1 is 0.900 bits per heavy atom. The number of rotatable bonds is 4. The predicted octanol–water partition coefficient (Wildman–Crippen LogP) is 3.15. The van der Waals surface area contributed by atoms with E-state index in [2.05, 4.69) is 5.32 Å². The van der Waals surface area contributed by atoms with Crippen LogP contribution in [0.2, 0.25) is 0 Å². The minimum absolute atomic E-state index is 0.00999. The van der Waals surface area contributed by atoms with Crippen LogP contribution in [0.25, 0.3) is 0 Å². The van der Waals surface area contributed by atoms with E-state index >= 15 is 0 Å². The number of hydrogen-bond acceptors (Lipinski definition) is 3. The van der Waals surface area contributed by atoms with E-state index in [1.165, 1.54) is 64.2 Å². The summed E-state index contributed by atoms with van der Waals surface area (Å²) < 4.78 is 6.43. The zero-order valence-electron chi connectivity index (χ0n) is 12.8. The van der Waals surface area contributed by atoms with Gasteiger partial charge in [0.05, 0.1) is 18.3 Å². The van der Waals surface area contributed by atoms with Crippen molar-refractivity contribution in [3.05, 3.63) is 0 Å². The second-order valence-electron chi connectivity index (χ2n) is 7.40. The second kappa shape index (κ2) is 6.33. The fourth-order valence-electron chi connectivity index (χ4n) is 4.55. The monoisotopic (exact) mass is 281 g/mol. The number of nitrogens with one attached hydrogen (secondary N) is 1. The van der Waals surface area contributed by atoms with Gasteiger partial charge in [-0.2, -0.15) is 0 Å². The van der Waals surface area contributed by atoms with E-state index in [9.17, 15) is 5.11 Å². The number of aliphatic hydroxyl groups is 1. The van der Waals surface area contributed by atoms with Crippen LogP contribution in [0.1, 0.15) is 77.0 Å². The quantitative estimate of drug-likeness (QED) is 0.832. The van der Waals surface area contributed by atoms with E-state index < -0.39 is 0 Å². The van der Waals surface area contributed by atoms with Gasteiger partial charge in [0.25, 0.3) is 0 Å². The lowest BCUT2D eigenvalue weighted by Crippen LogP contribution is -2.52. The van der Waals surface area contributed by atoms with Crippen molar-refractivity contribution in [1.29, 1.82) is 0 Å². The highest BCUT2D eigenvalue weighted by Crippen LogP contribution is 2.42. The van der Waals surface area contributed by atoms with Crippen molar-refractivity contribution in [3.63, 3.8) is 0 Å². The molecule has 3 nitrogen and oxygen atoms in total. The molecule has 116 valence electrons. The molecule has 1 heterocycles. The van der Waals surface area contributed by atoms with Crippen molar-refractivity contribution >= 4 is 0 Å². The average Bonchev–Trinajstić information content (AvgIpc) is 2.90. The molecule has 1 aliphatic heterocycles. The summed E-state index contributed by atoms with van der Waals surface area (Å²) in [4.78, 5) is 0. The summed E-state index contributed by atoms with van der Waals surface area (Å²) >= 11 is 0. The summed E-state index contributed by atoms with van der Waals surface area (Å²) in [5.41, 5.74) is 0.216. The average molecular weight is 281 g/mol. The molecule has 2 saturated carbocycles. The first-order valence-corrected chi connectivity index (χ1v) is 8.80. The third kappa shape index (κ3) is 3.20. The van der Waals surface area contributed by atoms with E-state index in [1.54, 1.807) is 0 Å². The van der Waals surface area contributed by atoms with Gasteiger partial charge in [-0.15, -0.1) is 0 Å². The topological polar surface area (TPSA) is 41.5 Å². The first kappa shape index (κ1) is 14.8. The van der Waals surface area contributed by atoms with Gasteiger partial charge in [-0.05, 0) is 38.5 Å². The Balaban J connectivity index is 1.49. The third-order valence-electron chi connectivity index (χ3n) is 5.92. The molecule has 20 heavy (non-hydrogen) atoms. The molecule has 2 N–H and O–H groups in total. The molecular formula is C17H31NO2. The lowest BCUT2D eigenvalue weighted by atomic mass is 9.82. The highest BCUT2D eigenvalue weighted by atomic mass is 16.5. The highest BCUT2D eigenvalue weighted by Gasteiger charge is 2.41. The van der Waals surface area contributed by atoms with Crippen LogP contribution in [0.3, 0.4) is 0 Å². The molecule has 1 saturated heterocycles. The van der Waals surface area contributed by atoms with Crippen LogP contribution in [0.4, 0.5) is 0 Å². The van der Waals surface area contributed by atoms with Gasteiger partial charge in [0.15, 0.2) is 0 Å². The molecule has 0 amide bonds. The normalized spacial score (nSPS) is 32.5. The van der Waals surface area contributed by atoms with Crippen LogP contribution < -0.4 is 5.32 Å². The van der Waals surface area contributed by atoms with Gasteiger partial charge in [0, 0.05) is 12.1 Å². The van der Waals surface area contributed by atoms with E-state index in [1.807, 2.05) is 0 Å². The molecule has 1 spiro atoms. The number of aliphatic hydroxyl groups excluding tert-OH is 1. The summed E-state index contributed by atoms with van der Waals surface area (Å²) in [6.45, 7) is 1.22. The van der Waals surface area contributed by atoms with Gasteiger partial charge in [-0.25, -0.2) is 0 Å². The maximum Gasteiger partial charge on any atom is 0.0708 e. The van der Waals surface area contributed by atoms with Gasteiger partial charge >= 0.3 is 0 Å². The summed E-state index contributed by atoms with van der Waals surface area (Å²) in [6.07, 6.45) is 15.5. The van der Waals surface area contributed by atoms with Crippen molar-refractivity contribution in [2.45, 2.75) is 94.3 Å². The molecular weight excluding hydrogens is 250 g/mol. The molecule has 0 aromatic carbocycles. The fourth-order valence-corrected chi connectivity index (χ4v) is 4.55. The van der Waals surface area contributed by atoms with Crippen molar-refractivity contribution < 1.29 is 9.84 Å². The van der Waals surface area contributed by atoms with E-state index in [-0.39, 0.29) is 17.7 Å². The molecule has 0 aromatic rings. The van der Waals surface area contributed by atoms with Crippen molar-refractivity contribution in [2.75, 3.05) is 13.2 Å². The highest BCUT2D eigenvalue weighted by molar-refractivity contribution is 4.95. The minimum atomic E-state index is -0.00999. The minimum Gasteiger partial charge on any atom is -0.394 e. The van der Waals surface area contributed by atoms with E-state index in [0.717, 1.165) is 19.4 Å². The standard InChI is InChI=1S/C17H31NO2/c19-14-16(8-3-1-4-9-16)18-13-15-7-12-17(20-15)10-5-2-6-11-17/h15,18-19H,1-14H2. The van der Waals surface area contributed by atoms with Crippen LogP contribution in [0.5, 0.6) is 0 Å².